The normalized spacial score (nSPS) is 8.25. The van der Waals surface area contributed by atoms with Gasteiger partial charge >= 0.3 is 59.1 Å². The number of nitrogens with one attached hydrogen (secondary N) is 2. The monoisotopic (exact) mass is 256 g/mol. The van der Waals surface area contributed by atoms with Crippen LogP contribution in [-0.4, -0.2) is 73.0 Å². The van der Waals surface area contributed by atoms with Crippen molar-refractivity contribution in [2.45, 2.75) is 0 Å². The van der Waals surface area contributed by atoms with Gasteiger partial charge in [-0.1, -0.05) is 0 Å². The van der Waals surface area contributed by atoms with Crippen LogP contribution in [0.5, 0.6) is 0 Å². The second-order valence-corrected chi connectivity index (χ2v) is 2.39. The quantitative estimate of drug-likeness (QED) is 0.190. The van der Waals surface area contributed by atoms with E-state index in [4.69, 9.17) is 20.4 Å². The largest absolute Gasteiger partial charge is 1.00 e. The van der Waals surface area contributed by atoms with Crippen LogP contribution in [0.25, 0.3) is 0 Å². The van der Waals surface area contributed by atoms with Crippen molar-refractivity contribution in [2.24, 2.45) is 0 Å². The summed E-state index contributed by atoms with van der Waals surface area (Å²) in [5, 5.41) is 38.2. The number of rotatable bonds is 8. The maximum atomic E-state index is 8.15. The van der Waals surface area contributed by atoms with Gasteiger partial charge in [0.1, 0.15) is 0 Å². The van der Waals surface area contributed by atoms with Gasteiger partial charge in [0.2, 0.25) is 0 Å². The number of hydrogen-bond donors (Lipinski definition) is 6. The van der Waals surface area contributed by atoms with E-state index in [9.17, 15) is 0 Å². The SMILES string of the molecule is OCCNCCO.OCCNCCO.[Na+].[Na+]. The molecule has 8 heteroatoms. The van der Waals surface area contributed by atoms with E-state index < -0.39 is 0 Å². The molecule has 0 saturated heterocycles. The number of hydrogen-bond acceptors (Lipinski definition) is 6. The molecule has 6 nitrogen and oxygen atoms in total. The van der Waals surface area contributed by atoms with Crippen molar-refractivity contribution in [3.8, 4) is 0 Å². The molecular weight excluding hydrogens is 234 g/mol. The molecule has 0 aliphatic rings. The third kappa shape index (κ3) is 36.0. The molecular formula is C8H22N2Na2O4+2. The van der Waals surface area contributed by atoms with Gasteiger partial charge in [-0.25, -0.2) is 0 Å². The van der Waals surface area contributed by atoms with Gasteiger partial charge in [-0.2, -0.15) is 0 Å². The number of aliphatic hydroxyl groups is 4. The Morgan fingerprint density at radius 1 is 0.500 bits per heavy atom. The predicted molar refractivity (Wildman–Crippen MR) is 54.1 cm³/mol. The second kappa shape index (κ2) is 30.1. The Kier molecular flexibility index (Phi) is 49.6. The van der Waals surface area contributed by atoms with Crippen molar-refractivity contribution >= 4 is 0 Å². The molecule has 0 rings (SSSR count). The summed E-state index contributed by atoms with van der Waals surface area (Å²) < 4.78 is 0. The van der Waals surface area contributed by atoms with Gasteiger partial charge in [-0.05, 0) is 0 Å². The third-order valence-corrected chi connectivity index (χ3v) is 1.15. The maximum Gasteiger partial charge on any atom is 1.00 e. The Morgan fingerprint density at radius 2 is 0.688 bits per heavy atom. The zero-order valence-corrected chi connectivity index (χ0v) is 14.4. The predicted octanol–water partition coefficient (Wildman–Crippen LogP) is -8.87. The van der Waals surface area contributed by atoms with Crippen LogP contribution in [0, 0.1) is 0 Å². The summed E-state index contributed by atoms with van der Waals surface area (Å²) >= 11 is 0. The van der Waals surface area contributed by atoms with Crippen LogP contribution in [-0.2, 0) is 0 Å². The summed E-state index contributed by atoms with van der Waals surface area (Å²) in [5.74, 6) is 0. The first-order chi connectivity index (χ1) is 6.83. The summed E-state index contributed by atoms with van der Waals surface area (Å²) in [7, 11) is 0. The summed E-state index contributed by atoms with van der Waals surface area (Å²) in [6.45, 7) is 2.84. The molecule has 0 aliphatic heterocycles. The van der Waals surface area contributed by atoms with E-state index in [1.54, 1.807) is 0 Å². The minimum atomic E-state index is 0. The molecule has 0 bridgehead atoms. The first-order valence-electron chi connectivity index (χ1n) is 4.68. The van der Waals surface area contributed by atoms with E-state index in [0.717, 1.165) is 0 Å². The van der Waals surface area contributed by atoms with E-state index in [2.05, 4.69) is 10.6 Å². The average molecular weight is 256 g/mol. The van der Waals surface area contributed by atoms with E-state index in [1.165, 1.54) is 0 Å². The molecule has 0 aliphatic carbocycles. The van der Waals surface area contributed by atoms with Crippen molar-refractivity contribution in [1.29, 1.82) is 0 Å². The molecule has 6 N–H and O–H groups in total. The Morgan fingerprint density at radius 3 is 0.812 bits per heavy atom. The van der Waals surface area contributed by atoms with Crippen LogP contribution in [0.15, 0.2) is 0 Å². The van der Waals surface area contributed by atoms with E-state index in [0.29, 0.717) is 26.2 Å². The van der Waals surface area contributed by atoms with Crippen LogP contribution in [0.2, 0.25) is 0 Å². The Balaban J connectivity index is -0.0000000800. The van der Waals surface area contributed by atoms with Crippen LogP contribution in [0.1, 0.15) is 0 Å². The molecule has 0 unspecified atom stereocenters. The van der Waals surface area contributed by atoms with Crippen molar-refractivity contribution in [3.05, 3.63) is 0 Å². The van der Waals surface area contributed by atoms with Crippen molar-refractivity contribution in [2.75, 3.05) is 52.6 Å². The molecule has 0 amide bonds. The third-order valence-electron chi connectivity index (χ3n) is 1.15. The van der Waals surface area contributed by atoms with Gasteiger partial charge in [0.15, 0.2) is 0 Å². The van der Waals surface area contributed by atoms with Gasteiger partial charge in [0.25, 0.3) is 0 Å². The topological polar surface area (TPSA) is 105 Å². The van der Waals surface area contributed by atoms with Crippen molar-refractivity contribution < 1.29 is 79.5 Å². The molecule has 0 saturated carbocycles. The first-order valence-corrected chi connectivity index (χ1v) is 4.68. The Bertz CT molecular complexity index is 76.4. The van der Waals surface area contributed by atoms with Crippen LogP contribution in [0.3, 0.4) is 0 Å². The summed E-state index contributed by atoms with van der Waals surface area (Å²) in [4.78, 5) is 0. The van der Waals surface area contributed by atoms with Gasteiger partial charge in [0, 0.05) is 26.2 Å². The molecule has 0 spiro atoms. The van der Waals surface area contributed by atoms with E-state index >= 15 is 0 Å². The van der Waals surface area contributed by atoms with Gasteiger partial charge in [-0.15, -0.1) is 0 Å². The molecule has 0 fully saturated rings. The molecule has 0 aromatic carbocycles. The smallest absolute Gasteiger partial charge is 0.395 e. The Labute approximate surface area is 141 Å². The van der Waals surface area contributed by atoms with E-state index in [1.807, 2.05) is 0 Å². The zero-order chi connectivity index (χ0) is 11.1. The van der Waals surface area contributed by atoms with Gasteiger partial charge in [0.05, 0.1) is 26.4 Å². The summed E-state index contributed by atoms with van der Waals surface area (Å²) in [5.41, 5.74) is 0. The van der Waals surface area contributed by atoms with Crippen LogP contribution >= 0.6 is 0 Å². The Hall–Kier alpha value is 1.76. The zero-order valence-electron chi connectivity index (χ0n) is 10.4. The fourth-order valence-electron chi connectivity index (χ4n) is 0.566. The molecule has 88 valence electrons. The standard InChI is InChI=1S/2C4H11NO2.2Na/c2*6-3-1-5-2-4-7;;/h2*5-7H,1-4H2;;/q;;2*+1. The van der Waals surface area contributed by atoms with Crippen LogP contribution < -0.4 is 69.7 Å². The van der Waals surface area contributed by atoms with Crippen molar-refractivity contribution in [1.82, 2.24) is 10.6 Å². The second-order valence-electron chi connectivity index (χ2n) is 2.39. The molecule has 0 atom stereocenters. The van der Waals surface area contributed by atoms with Crippen LogP contribution in [0.4, 0.5) is 0 Å². The molecule has 16 heavy (non-hydrogen) atoms. The first kappa shape index (κ1) is 26.3. The van der Waals surface area contributed by atoms with Gasteiger partial charge in [-0.3, -0.25) is 0 Å². The fourth-order valence-corrected chi connectivity index (χ4v) is 0.566. The fraction of sp³-hybridized carbons (Fsp3) is 1.00. The molecule has 0 aromatic rings. The summed E-state index contributed by atoms with van der Waals surface area (Å²) in [6, 6.07) is 0. The number of aliphatic hydroxyl groups excluding tert-OH is 4. The molecule has 0 radical (unpaired) electrons. The van der Waals surface area contributed by atoms with E-state index in [-0.39, 0.29) is 85.5 Å². The maximum absolute atomic E-state index is 8.15. The van der Waals surface area contributed by atoms with Gasteiger partial charge < -0.3 is 31.1 Å². The minimum absolute atomic E-state index is 0. The minimum Gasteiger partial charge on any atom is -0.395 e. The van der Waals surface area contributed by atoms with Crippen molar-refractivity contribution in [3.63, 3.8) is 0 Å². The molecule has 0 aromatic heterocycles. The molecule has 0 heterocycles. The average Bonchev–Trinajstić information content (AvgIpc) is 2.21. The summed E-state index contributed by atoms with van der Waals surface area (Å²) in [6.07, 6.45) is 0.